The summed E-state index contributed by atoms with van der Waals surface area (Å²) < 4.78 is 1.78. The molecule has 0 spiro atoms. The summed E-state index contributed by atoms with van der Waals surface area (Å²) in [6, 6.07) is 8.42. The quantitative estimate of drug-likeness (QED) is 0.913. The van der Waals surface area contributed by atoms with Crippen molar-refractivity contribution in [3.8, 4) is 0 Å². The maximum atomic E-state index is 11.8. The van der Waals surface area contributed by atoms with E-state index in [9.17, 15) is 4.79 Å². The second-order valence-electron chi connectivity index (χ2n) is 5.58. The van der Waals surface area contributed by atoms with Gasteiger partial charge in [-0.15, -0.1) is 0 Å². The van der Waals surface area contributed by atoms with Crippen LogP contribution in [-0.4, -0.2) is 33.8 Å². The highest BCUT2D eigenvalue weighted by molar-refractivity contribution is 5.91. The molecular weight excluding hydrogens is 266 g/mol. The molecule has 1 N–H and O–H groups in total. The first-order chi connectivity index (χ1) is 10.3. The predicted octanol–water partition coefficient (Wildman–Crippen LogP) is 1.81. The molecule has 0 radical (unpaired) electrons. The van der Waals surface area contributed by atoms with Crippen molar-refractivity contribution < 1.29 is 4.79 Å². The van der Waals surface area contributed by atoms with Crippen LogP contribution in [0.4, 0.5) is 11.6 Å². The largest absolute Gasteiger partial charge is 0.372 e. The van der Waals surface area contributed by atoms with E-state index in [1.807, 2.05) is 0 Å². The number of hydrogen-bond donors (Lipinski definition) is 1. The van der Waals surface area contributed by atoms with Crippen molar-refractivity contribution in [2.24, 2.45) is 0 Å². The summed E-state index contributed by atoms with van der Waals surface area (Å²) in [4.78, 5) is 18.3. The summed E-state index contributed by atoms with van der Waals surface area (Å²) in [6.07, 6.45) is 4.42. The highest BCUT2D eigenvalue weighted by atomic mass is 16.2. The van der Waals surface area contributed by atoms with Gasteiger partial charge >= 0.3 is 0 Å². The lowest BCUT2D eigenvalue weighted by Crippen LogP contribution is -2.29. The van der Waals surface area contributed by atoms with Gasteiger partial charge in [-0.2, -0.15) is 10.1 Å². The molecule has 1 saturated heterocycles. The average Bonchev–Trinajstić information content (AvgIpc) is 3.17. The molecule has 108 valence electrons. The molecule has 4 rings (SSSR count). The van der Waals surface area contributed by atoms with Crippen LogP contribution in [0.3, 0.4) is 0 Å². The van der Waals surface area contributed by atoms with Crippen LogP contribution in [0.25, 0.3) is 0 Å². The Morgan fingerprint density at radius 3 is 2.67 bits per heavy atom. The smallest absolute Gasteiger partial charge is 0.229 e. The van der Waals surface area contributed by atoms with Gasteiger partial charge in [0.1, 0.15) is 6.33 Å². The number of rotatable bonds is 2. The topological polar surface area (TPSA) is 63.1 Å². The molecule has 1 fully saturated rings. The second-order valence-corrected chi connectivity index (χ2v) is 5.58. The molecule has 0 saturated carbocycles. The van der Waals surface area contributed by atoms with Crippen molar-refractivity contribution in [3.05, 3.63) is 36.2 Å². The van der Waals surface area contributed by atoms with Crippen molar-refractivity contribution in [1.82, 2.24) is 14.8 Å². The molecule has 3 heterocycles. The van der Waals surface area contributed by atoms with E-state index in [1.165, 1.54) is 24.9 Å². The molecule has 1 amide bonds. The lowest BCUT2D eigenvalue weighted by atomic mass is 10.0. The molecule has 2 aliphatic rings. The van der Waals surface area contributed by atoms with Crippen LogP contribution in [0.2, 0.25) is 0 Å². The molecule has 6 heteroatoms. The number of carbonyl (C=O) groups is 1. The van der Waals surface area contributed by atoms with E-state index >= 15 is 0 Å². The number of amides is 1. The SMILES string of the molecule is O=C1C[C@H](c2ccc(N3CCCC3)cc2)n2ncnc2N1. The average molecular weight is 283 g/mol. The first-order valence-electron chi connectivity index (χ1n) is 7.35. The zero-order valence-corrected chi connectivity index (χ0v) is 11.7. The predicted molar refractivity (Wildman–Crippen MR) is 79.3 cm³/mol. The number of nitrogens with one attached hydrogen (secondary N) is 1. The lowest BCUT2D eigenvalue weighted by molar-refractivity contribution is -0.117. The van der Waals surface area contributed by atoms with E-state index in [0.29, 0.717) is 12.4 Å². The first kappa shape index (κ1) is 12.4. The highest BCUT2D eigenvalue weighted by Gasteiger charge is 2.27. The lowest BCUT2D eigenvalue weighted by Gasteiger charge is -2.24. The molecule has 1 atom stereocenters. The third kappa shape index (κ3) is 2.16. The zero-order valence-electron chi connectivity index (χ0n) is 11.7. The van der Waals surface area contributed by atoms with Gasteiger partial charge in [0.15, 0.2) is 0 Å². The molecule has 0 unspecified atom stereocenters. The Morgan fingerprint density at radius 2 is 1.90 bits per heavy atom. The molecule has 2 aliphatic heterocycles. The molecule has 1 aromatic heterocycles. The van der Waals surface area contributed by atoms with Crippen LogP contribution < -0.4 is 10.2 Å². The number of hydrogen-bond acceptors (Lipinski definition) is 4. The zero-order chi connectivity index (χ0) is 14.2. The van der Waals surface area contributed by atoms with Crippen molar-refractivity contribution in [2.45, 2.75) is 25.3 Å². The minimum atomic E-state index is -0.0659. The van der Waals surface area contributed by atoms with Gasteiger partial charge in [-0.25, -0.2) is 4.68 Å². The summed E-state index contributed by atoms with van der Waals surface area (Å²) in [5.74, 6) is 0.518. The van der Waals surface area contributed by atoms with Gasteiger partial charge in [-0.05, 0) is 30.5 Å². The van der Waals surface area contributed by atoms with Crippen LogP contribution in [0.5, 0.6) is 0 Å². The Balaban J connectivity index is 1.63. The first-order valence-corrected chi connectivity index (χ1v) is 7.35. The number of anilines is 2. The van der Waals surface area contributed by atoms with E-state index in [0.717, 1.165) is 18.7 Å². The fraction of sp³-hybridized carbons (Fsp3) is 0.400. The summed E-state index contributed by atoms with van der Waals surface area (Å²) in [5, 5.41) is 6.97. The van der Waals surface area contributed by atoms with Crippen LogP contribution in [-0.2, 0) is 4.79 Å². The maximum absolute atomic E-state index is 11.8. The molecular formula is C15H17N5O. The van der Waals surface area contributed by atoms with Crippen LogP contribution in [0.1, 0.15) is 30.9 Å². The summed E-state index contributed by atoms with van der Waals surface area (Å²) >= 11 is 0. The normalized spacial score (nSPS) is 21.2. The van der Waals surface area contributed by atoms with Crippen molar-refractivity contribution in [1.29, 1.82) is 0 Å². The number of fused-ring (bicyclic) bond motifs is 1. The Kier molecular flexibility index (Phi) is 2.87. The number of benzene rings is 1. The molecule has 21 heavy (non-hydrogen) atoms. The number of aromatic nitrogens is 3. The fourth-order valence-corrected chi connectivity index (χ4v) is 3.15. The molecule has 2 aromatic rings. The van der Waals surface area contributed by atoms with Gasteiger partial charge in [0.05, 0.1) is 12.5 Å². The van der Waals surface area contributed by atoms with Crippen LogP contribution in [0.15, 0.2) is 30.6 Å². The van der Waals surface area contributed by atoms with Gasteiger partial charge in [0.2, 0.25) is 11.9 Å². The molecule has 1 aromatic carbocycles. The Labute approximate surface area is 122 Å². The van der Waals surface area contributed by atoms with Crippen LogP contribution >= 0.6 is 0 Å². The van der Waals surface area contributed by atoms with Crippen LogP contribution in [0, 0.1) is 0 Å². The number of carbonyl (C=O) groups excluding carboxylic acids is 1. The molecule has 0 aliphatic carbocycles. The third-order valence-corrected chi connectivity index (χ3v) is 4.25. The minimum Gasteiger partial charge on any atom is -0.372 e. The van der Waals surface area contributed by atoms with E-state index < -0.39 is 0 Å². The Morgan fingerprint density at radius 1 is 1.14 bits per heavy atom. The van der Waals surface area contributed by atoms with E-state index in [-0.39, 0.29) is 11.9 Å². The van der Waals surface area contributed by atoms with E-state index in [1.54, 1.807) is 4.68 Å². The van der Waals surface area contributed by atoms with Gasteiger partial charge < -0.3 is 4.90 Å². The van der Waals surface area contributed by atoms with Crippen molar-refractivity contribution in [2.75, 3.05) is 23.3 Å². The maximum Gasteiger partial charge on any atom is 0.229 e. The standard InChI is InChI=1S/C15H17N5O/c21-14-9-13(20-15(18-14)16-10-17-20)11-3-5-12(6-4-11)19-7-1-2-8-19/h3-6,10,13H,1-2,7-9H2,(H,16,17,18,21)/t13-/m1/s1. The summed E-state index contributed by atoms with van der Waals surface area (Å²) in [7, 11) is 0. The molecule has 6 nitrogen and oxygen atoms in total. The van der Waals surface area contributed by atoms with Gasteiger partial charge in [0.25, 0.3) is 0 Å². The minimum absolute atomic E-state index is 0.0101. The number of nitrogens with zero attached hydrogens (tertiary/aromatic N) is 4. The van der Waals surface area contributed by atoms with E-state index in [2.05, 4.69) is 44.6 Å². The third-order valence-electron chi connectivity index (χ3n) is 4.25. The fourth-order valence-electron chi connectivity index (χ4n) is 3.15. The molecule has 0 bridgehead atoms. The van der Waals surface area contributed by atoms with E-state index in [4.69, 9.17) is 0 Å². The summed E-state index contributed by atoms with van der Waals surface area (Å²) in [5.41, 5.74) is 2.36. The highest BCUT2D eigenvalue weighted by Crippen LogP contribution is 2.30. The monoisotopic (exact) mass is 283 g/mol. The second kappa shape index (κ2) is 4.87. The van der Waals surface area contributed by atoms with Gasteiger partial charge in [-0.1, -0.05) is 12.1 Å². The van der Waals surface area contributed by atoms with Gasteiger partial charge in [-0.3, -0.25) is 10.1 Å². The van der Waals surface area contributed by atoms with Crippen molar-refractivity contribution >= 4 is 17.5 Å². The van der Waals surface area contributed by atoms with Crippen molar-refractivity contribution in [3.63, 3.8) is 0 Å². The summed E-state index contributed by atoms with van der Waals surface area (Å²) in [6.45, 7) is 2.27. The Hall–Kier alpha value is -2.37. The van der Waals surface area contributed by atoms with Gasteiger partial charge in [0, 0.05) is 18.8 Å². The Bertz CT molecular complexity index is 657.